The van der Waals surface area contributed by atoms with Crippen molar-refractivity contribution in [3.63, 3.8) is 0 Å². The first kappa shape index (κ1) is 19.4. The third kappa shape index (κ3) is 4.29. The molecule has 0 radical (unpaired) electrons. The lowest BCUT2D eigenvalue weighted by Crippen LogP contribution is -2.15. The Morgan fingerprint density at radius 1 is 1.43 bits per heavy atom. The Kier molecular flexibility index (Phi) is 5.90. The number of amides is 1. The van der Waals surface area contributed by atoms with Crippen LogP contribution >= 0.6 is 11.8 Å². The zero-order valence-electron chi connectivity index (χ0n) is 15.0. The van der Waals surface area contributed by atoms with Gasteiger partial charge in [-0.25, -0.2) is 0 Å². The SMILES string of the molecule is C=CCn1c(SCC(=O)Nc2ccc(C)cc2[N+](=O)[O-])nnc1-c1ccco1. The Bertz CT molecular complexity index is 1010. The van der Waals surface area contributed by atoms with Crippen molar-refractivity contribution in [2.24, 2.45) is 0 Å². The second kappa shape index (κ2) is 8.53. The van der Waals surface area contributed by atoms with Gasteiger partial charge >= 0.3 is 0 Å². The molecule has 0 aliphatic rings. The molecule has 0 aliphatic heterocycles. The number of aromatic nitrogens is 3. The van der Waals surface area contributed by atoms with Crippen molar-refractivity contribution >= 4 is 29.0 Å². The zero-order valence-corrected chi connectivity index (χ0v) is 15.8. The van der Waals surface area contributed by atoms with Gasteiger partial charge in [-0.1, -0.05) is 23.9 Å². The van der Waals surface area contributed by atoms with Gasteiger partial charge in [0, 0.05) is 12.6 Å². The summed E-state index contributed by atoms with van der Waals surface area (Å²) < 4.78 is 7.14. The Labute approximate surface area is 164 Å². The number of anilines is 1. The van der Waals surface area contributed by atoms with Crippen molar-refractivity contribution in [1.82, 2.24) is 14.8 Å². The number of thioether (sulfide) groups is 1. The molecule has 2 aromatic heterocycles. The average molecular weight is 399 g/mol. The van der Waals surface area contributed by atoms with Crippen LogP contribution in [0.2, 0.25) is 0 Å². The number of aryl methyl sites for hydroxylation is 1. The molecular formula is C18H17N5O4S. The standard InChI is InChI=1S/C18H17N5O4S/c1-3-8-22-17(15-5-4-9-27-15)20-21-18(22)28-11-16(24)19-13-7-6-12(2)10-14(13)23(25)26/h3-7,9-10H,1,8,11H2,2H3,(H,19,24). The van der Waals surface area contributed by atoms with E-state index in [1.807, 2.05) is 0 Å². The molecule has 0 unspecified atom stereocenters. The van der Waals surface area contributed by atoms with E-state index in [9.17, 15) is 14.9 Å². The summed E-state index contributed by atoms with van der Waals surface area (Å²) in [7, 11) is 0. The molecule has 10 heteroatoms. The molecule has 9 nitrogen and oxygen atoms in total. The van der Waals surface area contributed by atoms with Crippen molar-refractivity contribution < 1.29 is 14.1 Å². The van der Waals surface area contributed by atoms with Crippen molar-refractivity contribution in [2.75, 3.05) is 11.1 Å². The number of nitro benzene ring substituents is 1. The van der Waals surface area contributed by atoms with Crippen LogP contribution in [0.3, 0.4) is 0 Å². The maximum atomic E-state index is 12.3. The van der Waals surface area contributed by atoms with E-state index in [2.05, 4.69) is 22.1 Å². The molecule has 1 N–H and O–H groups in total. The molecule has 0 atom stereocenters. The second-order valence-electron chi connectivity index (χ2n) is 5.80. The molecule has 0 spiro atoms. The van der Waals surface area contributed by atoms with E-state index in [0.717, 1.165) is 5.56 Å². The summed E-state index contributed by atoms with van der Waals surface area (Å²) in [6, 6.07) is 8.15. The van der Waals surface area contributed by atoms with Gasteiger partial charge in [-0.2, -0.15) is 0 Å². The predicted molar refractivity (Wildman–Crippen MR) is 105 cm³/mol. The van der Waals surface area contributed by atoms with Crippen molar-refractivity contribution in [3.8, 4) is 11.6 Å². The van der Waals surface area contributed by atoms with E-state index in [1.165, 1.54) is 30.2 Å². The number of carbonyl (C=O) groups is 1. The van der Waals surface area contributed by atoms with Gasteiger partial charge in [0.1, 0.15) is 5.69 Å². The summed E-state index contributed by atoms with van der Waals surface area (Å²) in [5.41, 5.74) is 0.750. The van der Waals surface area contributed by atoms with Gasteiger partial charge in [0.2, 0.25) is 11.7 Å². The first-order valence-electron chi connectivity index (χ1n) is 8.25. The monoisotopic (exact) mass is 399 g/mol. The van der Waals surface area contributed by atoms with Crippen LogP contribution in [0.15, 0.2) is 58.8 Å². The summed E-state index contributed by atoms with van der Waals surface area (Å²) in [4.78, 5) is 23.0. The highest BCUT2D eigenvalue weighted by Gasteiger charge is 2.19. The fourth-order valence-electron chi connectivity index (χ4n) is 2.49. The van der Waals surface area contributed by atoms with Gasteiger partial charge in [0.05, 0.1) is 16.9 Å². The lowest BCUT2D eigenvalue weighted by Gasteiger charge is -2.08. The fraction of sp³-hybridized carbons (Fsp3) is 0.167. The van der Waals surface area contributed by atoms with E-state index in [-0.39, 0.29) is 23.0 Å². The molecule has 2 heterocycles. The zero-order chi connectivity index (χ0) is 20.1. The highest BCUT2D eigenvalue weighted by atomic mass is 32.2. The average Bonchev–Trinajstić information content (AvgIpc) is 3.31. The van der Waals surface area contributed by atoms with Gasteiger partial charge in [0.25, 0.3) is 5.69 Å². The third-order valence-electron chi connectivity index (χ3n) is 3.73. The smallest absolute Gasteiger partial charge is 0.293 e. The van der Waals surface area contributed by atoms with E-state index in [4.69, 9.17) is 4.42 Å². The van der Waals surface area contributed by atoms with E-state index < -0.39 is 4.92 Å². The number of nitro groups is 1. The Morgan fingerprint density at radius 3 is 2.93 bits per heavy atom. The normalized spacial score (nSPS) is 10.6. The maximum Gasteiger partial charge on any atom is 0.293 e. The molecule has 0 bridgehead atoms. The first-order chi connectivity index (χ1) is 13.5. The van der Waals surface area contributed by atoms with Crippen LogP contribution in [0.1, 0.15) is 5.56 Å². The van der Waals surface area contributed by atoms with Crippen molar-refractivity contribution in [2.45, 2.75) is 18.6 Å². The maximum absolute atomic E-state index is 12.3. The molecule has 0 saturated carbocycles. The molecule has 1 amide bonds. The lowest BCUT2D eigenvalue weighted by molar-refractivity contribution is -0.384. The topological polar surface area (TPSA) is 116 Å². The molecule has 144 valence electrons. The number of rotatable bonds is 8. The molecule has 0 fully saturated rings. The van der Waals surface area contributed by atoms with Crippen LogP contribution in [0.5, 0.6) is 0 Å². The number of nitrogens with one attached hydrogen (secondary N) is 1. The Balaban J connectivity index is 1.72. The molecule has 28 heavy (non-hydrogen) atoms. The summed E-state index contributed by atoms with van der Waals surface area (Å²) >= 11 is 1.17. The summed E-state index contributed by atoms with van der Waals surface area (Å²) in [6.07, 6.45) is 3.23. The van der Waals surface area contributed by atoms with E-state index in [1.54, 1.807) is 35.8 Å². The fourth-order valence-corrected chi connectivity index (χ4v) is 3.24. The molecule has 1 aromatic carbocycles. The van der Waals surface area contributed by atoms with E-state index >= 15 is 0 Å². The minimum Gasteiger partial charge on any atom is -0.461 e. The quantitative estimate of drug-likeness (QED) is 0.266. The summed E-state index contributed by atoms with van der Waals surface area (Å²) in [5.74, 6) is 0.714. The molecule has 0 saturated heterocycles. The first-order valence-corrected chi connectivity index (χ1v) is 9.24. The van der Waals surface area contributed by atoms with Crippen LogP contribution < -0.4 is 5.32 Å². The third-order valence-corrected chi connectivity index (χ3v) is 4.69. The number of hydrogen-bond acceptors (Lipinski definition) is 7. The second-order valence-corrected chi connectivity index (χ2v) is 6.74. The number of carbonyl (C=O) groups excluding carboxylic acids is 1. The highest BCUT2D eigenvalue weighted by Crippen LogP contribution is 2.27. The van der Waals surface area contributed by atoms with Crippen LogP contribution in [-0.2, 0) is 11.3 Å². The Morgan fingerprint density at radius 2 is 2.25 bits per heavy atom. The summed E-state index contributed by atoms with van der Waals surface area (Å²) in [5, 5.41) is 22.5. The lowest BCUT2D eigenvalue weighted by atomic mass is 10.2. The highest BCUT2D eigenvalue weighted by molar-refractivity contribution is 7.99. The predicted octanol–water partition coefficient (Wildman–Crippen LogP) is 3.67. The molecule has 3 aromatic rings. The van der Waals surface area contributed by atoms with Gasteiger partial charge in [-0.3, -0.25) is 19.5 Å². The number of furan rings is 1. The Hall–Kier alpha value is -3.40. The van der Waals surface area contributed by atoms with Crippen molar-refractivity contribution in [1.29, 1.82) is 0 Å². The van der Waals surface area contributed by atoms with Gasteiger partial charge in [0.15, 0.2) is 10.9 Å². The van der Waals surface area contributed by atoms with Crippen LogP contribution in [0, 0.1) is 17.0 Å². The number of allylic oxidation sites excluding steroid dienone is 1. The van der Waals surface area contributed by atoms with Crippen molar-refractivity contribution in [3.05, 3.63) is 64.9 Å². The minimum atomic E-state index is -0.522. The van der Waals surface area contributed by atoms with Crippen LogP contribution in [-0.4, -0.2) is 31.3 Å². The minimum absolute atomic E-state index is 0.0124. The molecule has 3 rings (SSSR count). The van der Waals surface area contributed by atoms with Gasteiger partial charge < -0.3 is 9.73 Å². The largest absolute Gasteiger partial charge is 0.461 e. The summed E-state index contributed by atoms with van der Waals surface area (Å²) in [6.45, 7) is 5.91. The van der Waals surface area contributed by atoms with Crippen LogP contribution in [0.4, 0.5) is 11.4 Å². The van der Waals surface area contributed by atoms with Gasteiger partial charge in [-0.15, -0.1) is 16.8 Å². The van der Waals surface area contributed by atoms with Crippen LogP contribution in [0.25, 0.3) is 11.6 Å². The molecule has 0 aliphatic carbocycles. The van der Waals surface area contributed by atoms with Gasteiger partial charge in [-0.05, 0) is 30.7 Å². The number of nitrogens with zero attached hydrogens (tertiary/aromatic N) is 4. The number of benzene rings is 1. The van der Waals surface area contributed by atoms with E-state index in [0.29, 0.717) is 23.3 Å². The molecular weight excluding hydrogens is 382 g/mol. The number of hydrogen-bond donors (Lipinski definition) is 1.